The zero-order valence-corrected chi connectivity index (χ0v) is 4.79. The van der Waals surface area contributed by atoms with Crippen molar-refractivity contribution >= 4 is 0 Å². The van der Waals surface area contributed by atoms with Crippen LogP contribution < -0.4 is 5.32 Å². The van der Waals surface area contributed by atoms with Crippen molar-refractivity contribution in [2.24, 2.45) is 5.11 Å². The Hall–Kier alpha value is -0.800. The van der Waals surface area contributed by atoms with Crippen molar-refractivity contribution in [2.75, 3.05) is 13.1 Å². The maximum Gasteiger partial charge on any atom is 0.122 e. The molecule has 1 aliphatic heterocycles. The van der Waals surface area contributed by atoms with Crippen molar-refractivity contribution in [3.05, 3.63) is 10.4 Å². The van der Waals surface area contributed by atoms with Gasteiger partial charge in [0.25, 0.3) is 0 Å². The summed E-state index contributed by atoms with van der Waals surface area (Å²) in [6.45, 7) is 0.773. The van der Waals surface area contributed by atoms with Crippen molar-refractivity contribution in [3.63, 3.8) is 0 Å². The van der Waals surface area contributed by atoms with Crippen LogP contribution in [0.4, 0.5) is 4.39 Å². The zero-order chi connectivity index (χ0) is 6.69. The fourth-order valence-electron chi connectivity index (χ4n) is 0.813. The van der Waals surface area contributed by atoms with E-state index in [1.165, 1.54) is 0 Å². The summed E-state index contributed by atoms with van der Waals surface area (Å²) in [6, 6.07) is -0.491. The first kappa shape index (κ1) is 6.32. The molecule has 2 atom stereocenters. The third kappa shape index (κ3) is 1.31. The summed E-state index contributed by atoms with van der Waals surface area (Å²) < 4.78 is 12.4. The molecule has 1 aliphatic rings. The summed E-state index contributed by atoms with van der Waals surface area (Å²) in [7, 11) is 0. The van der Waals surface area contributed by atoms with Gasteiger partial charge in [-0.05, 0) is 5.53 Å². The van der Waals surface area contributed by atoms with E-state index in [0.29, 0.717) is 13.1 Å². The largest absolute Gasteiger partial charge is 0.313 e. The zero-order valence-electron chi connectivity index (χ0n) is 4.79. The van der Waals surface area contributed by atoms with E-state index in [9.17, 15) is 4.39 Å². The van der Waals surface area contributed by atoms with E-state index in [1.807, 2.05) is 0 Å². The molecule has 1 N–H and O–H groups in total. The van der Waals surface area contributed by atoms with E-state index in [0.717, 1.165) is 0 Å². The molecular weight excluding hydrogens is 123 g/mol. The molecule has 50 valence electrons. The smallest absolute Gasteiger partial charge is 0.122 e. The van der Waals surface area contributed by atoms with E-state index in [4.69, 9.17) is 5.53 Å². The monoisotopic (exact) mass is 130 g/mol. The van der Waals surface area contributed by atoms with Gasteiger partial charge < -0.3 is 5.32 Å². The van der Waals surface area contributed by atoms with E-state index < -0.39 is 12.2 Å². The molecule has 1 heterocycles. The molecule has 0 aromatic heterocycles. The van der Waals surface area contributed by atoms with E-state index in [1.54, 1.807) is 0 Å². The quantitative estimate of drug-likeness (QED) is 0.315. The molecular formula is C4H7FN4. The second-order valence-electron chi connectivity index (χ2n) is 1.95. The van der Waals surface area contributed by atoms with Gasteiger partial charge in [0.1, 0.15) is 6.17 Å². The summed E-state index contributed by atoms with van der Waals surface area (Å²) in [6.07, 6.45) is -0.999. The maximum atomic E-state index is 12.4. The van der Waals surface area contributed by atoms with E-state index >= 15 is 0 Å². The summed E-state index contributed by atoms with van der Waals surface area (Å²) >= 11 is 0. The van der Waals surface area contributed by atoms with Gasteiger partial charge in [-0.15, -0.1) is 0 Å². The van der Waals surface area contributed by atoms with Crippen molar-refractivity contribution in [1.82, 2.24) is 5.32 Å². The Balaban J connectivity index is 2.49. The second kappa shape index (κ2) is 2.66. The number of nitrogens with zero attached hydrogens (tertiary/aromatic N) is 3. The fourth-order valence-corrected chi connectivity index (χ4v) is 0.813. The first-order valence-corrected chi connectivity index (χ1v) is 2.73. The molecule has 1 fully saturated rings. The molecule has 9 heavy (non-hydrogen) atoms. The van der Waals surface area contributed by atoms with Crippen LogP contribution in [0.5, 0.6) is 0 Å². The predicted octanol–water partition coefficient (Wildman–Crippen LogP) is 0.607. The molecule has 1 rings (SSSR count). The molecule has 4 nitrogen and oxygen atoms in total. The van der Waals surface area contributed by atoms with Crippen LogP contribution in [-0.2, 0) is 0 Å². The first-order chi connectivity index (χ1) is 4.34. The van der Waals surface area contributed by atoms with Crippen molar-refractivity contribution < 1.29 is 4.39 Å². The van der Waals surface area contributed by atoms with Gasteiger partial charge in [0.05, 0.1) is 6.04 Å². The number of nitrogens with one attached hydrogen (secondary N) is 1. The molecule has 0 amide bonds. The lowest BCUT2D eigenvalue weighted by Crippen LogP contribution is -2.15. The van der Waals surface area contributed by atoms with Crippen LogP contribution in [0.2, 0.25) is 0 Å². The van der Waals surface area contributed by atoms with Crippen LogP contribution in [0.3, 0.4) is 0 Å². The molecule has 0 aromatic carbocycles. The second-order valence-corrected chi connectivity index (χ2v) is 1.95. The molecule has 0 aliphatic carbocycles. The highest BCUT2D eigenvalue weighted by Gasteiger charge is 2.24. The van der Waals surface area contributed by atoms with Gasteiger partial charge in [-0.3, -0.25) is 0 Å². The summed E-state index contributed by atoms with van der Waals surface area (Å²) in [4.78, 5) is 2.51. The average Bonchev–Trinajstić information content (AvgIpc) is 2.18. The van der Waals surface area contributed by atoms with Crippen LogP contribution in [0, 0.1) is 0 Å². The number of alkyl halides is 1. The molecule has 0 bridgehead atoms. The SMILES string of the molecule is [N-]=[N+]=N[C@H]1CNC[C@@H]1F. The number of hydrogen-bond acceptors (Lipinski definition) is 2. The molecule has 0 unspecified atom stereocenters. The van der Waals surface area contributed by atoms with Crippen molar-refractivity contribution in [2.45, 2.75) is 12.2 Å². The Bertz CT molecular complexity index is 142. The third-order valence-electron chi connectivity index (χ3n) is 1.31. The molecule has 5 heteroatoms. The van der Waals surface area contributed by atoms with Crippen molar-refractivity contribution in [1.29, 1.82) is 0 Å². The molecule has 1 saturated heterocycles. The minimum Gasteiger partial charge on any atom is -0.313 e. The minimum absolute atomic E-state index is 0.309. The van der Waals surface area contributed by atoms with Crippen LogP contribution in [0.1, 0.15) is 0 Å². The van der Waals surface area contributed by atoms with Crippen LogP contribution >= 0.6 is 0 Å². The highest BCUT2D eigenvalue weighted by molar-refractivity contribution is 4.86. The molecule has 0 saturated carbocycles. The molecule has 0 aromatic rings. The van der Waals surface area contributed by atoms with Gasteiger partial charge in [0.15, 0.2) is 0 Å². The lowest BCUT2D eigenvalue weighted by molar-refractivity contribution is 0.332. The Morgan fingerprint density at radius 1 is 1.67 bits per heavy atom. The molecule has 0 spiro atoms. The molecule has 0 radical (unpaired) electrons. The topological polar surface area (TPSA) is 60.8 Å². The number of hydrogen-bond donors (Lipinski definition) is 1. The fraction of sp³-hybridized carbons (Fsp3) is 1.00. The van der Waals surface area contributed by atoms with Gasteiger partial charge in [-0.25, -0.2) is 4.39 Å². The Labute approximate surface area is 51.7 Å². The lowest BCUT2D eigenvalue weighted by Gasteiger charge is -1.99. The lowest BCUT2D eigenvalue weighted by atomic mass is 10.2. The van der Waals surface area contributed by atoms with Crippen LogP contribution in [0.25, 0.3) is 10.4 Å². The minimum atomic E-state index is -0.999. The highest BCUT2D eigenvalue weighted by atomic mass is 19.1. The highest BCUT2D eigenvalue weighted by Crippen LogP contribution is 2.07. The standard InChI is InChI=1S/C4H7FN4/c5-3-1-7-2-4(3)8-9-6/h3-4,7H,1-2H2/t3-,4-/m0/s1. The third-order valence-corrected chi connectivity index (χ3v) is 1.31. The maximum absolute atomic E-state index is 12.4. The summed E-state index contributed by atoms with van der Waals surface area (Å²) in [5.74, 6) is 0. The van der Waals surface area contributed by atoms with Crippen LogP contribution in [-0.4, -0.2) is 25.3 Å². The Morgan fingerprint density at radius 3 is 2.89 bits per heavy atom. The first-order valence-electron chi connectivity index (χ1n) is 2.73. The normalized spacial score (nSPS) is 33.9. The van der Waals surface area contributed by atoms with Crippen molar-refractivity contribution in [3.8, 4) is 0 Å². The van der Waals surface area contributed by atoms with Gasteiger partial charge >= 0.3 is 0 Å². The van der Waals surface area contributed by atoms with Gasteiger partial charge in [0.2, 0.25) is 0 Å². The number of rotatable bonds is 1. The number of azide groups is 1. The van der Waals surface area contributed by atoms with Gasteiger partial charge in [-0.1, -0.05) is 5.11 Å². The number of halogens is 1. The van der Waals surface area contributed by atoms with Gasteiger partial charge in [-0.2, -0.15) is 0 Å². The van der Waals surface area contributed by atoms with E-state index in [2.05, 4.69) is 15.3 Å². The Morgan fingerprint density at radius 2 is 2.44 bits per heavy atom. The van der Waals surface area contributed by atoms with E-state index in [-0.39, 0.29) is 0 Å². The van der Waals surface area contributed by atoms with Crippen LogP contribution in [0.15, 0.2) is 5.11 Å². The van der Waals surface area contributed by atoms with Gasteiger partial charge in [0, 0.05) is 18.0 Å². The average molecular weight is 130 g/mol. The predicted molar refractivity (Wildman–Crippen MR) is 30.7 cm³/mol. The Kier molecular flexibility index (Phi) is 1.87. The summed E-state index contributed by atoms with van der Waals surface area (Å²) in [5.41, 5.74) is 7.91. The summed E-state index contributed by atoms with van der Waals surface area (Å²) in [5, 5.41) is 6.01.